The van der Waals surface area contributed by atoms with Gasteiger partial charge in [-0.05, 0) is 12.5 Å². The Balaban J connectivity index is 3.09. The van der Waals surface area contributed by atoms with E-state index in [1.54, 1.807) is 7.11 Å². The van der Waals surface area contributed by atoms with Gasteiger partial charge >= 0.3 is 0 Å². The van der Waals surface area contributed by atoms with Crippen molar-refractivity contribution < 1.29 is 14.3 Å². The lowest BCUT2D eigenvalue weighted by Crippen LogP contribution is -2.28. The van der Waals surface area contributed by atoms with Gasteiger partial charge in [0.2, 0.25) is 5.91 Å². The van der Waals surface area contributed by atoms with Crippen LogP contribution in [0, 0.1) is 5.92 Å². The maximum atomic E-state index is 10.3. The van der Waals surface area contributed by atoms with Gasteiger partial charge in [0.1, 0.15) is 6.61 Å². The van der Waals surface area contributed by atoms with Crippen LogP contribution < -0.4 is 11.1 Å². The number of nitrogens with two attached hydrogens (primary N) is 1. The van der Waals surface area contributed by atoms with Gasteiger partial charge in [-0.2, -0.15) is 0 Å². The van der Waals surface area contributed by atoms with E-state index in [-0.39, 0.29) is 6.61 Å². The largest absolute Gasteiger partial charge is 0.384 e. The first-order valence-electron chi connectivity index (χ1n) is 4.72. The maximum Gasteiger partial charge on any atom is 0.243 e. The SMILES string of the molecule is COCC(C)CNCCOCC(N)=O. The molecule has 14 heavy (non-hydrogen) atoms. The highest BCUT2D eigenvalue weighted by Crippen LogP contribution is 1.91. The number of carbonyl (C=O) groups is 1. The minimum absolute atomic E-state index is 0.00466. The van der Waals surface area contributed by atoms with Gasteiger partial charge in [0.25, 0.3) is 0 Å². The molecule has 0 aromatic heterocycles. The van der Waals surface area contributed by atoms with Crippen LogP contribution in [0.15, 0.2) is 0 Å². The Bertz CT molecular complexity index is 153. The van der Waals surface area contributed by atoms with Crippen molar-refractivity contribution in [2.24, 2.45) is 11.7 Å². The summed E-state index contributed by atoms with van der Waals surface area (Å²) in [6, 6.07) is 0. The predicted octanol–water partition coefficient (Wildman–Crippen LogP) is -0.640. The second-order valence-corrected chi connectivity index (χ2v) is 3.28. The molecule has 0 aliphatic carbocycles. The van der Waals surface area contributed by atoms with E-state index in [0.29, 0.717) is 12.5 Å². The van der Waals surface area contributed by atoms with Crippen molar-refractivity contribution in [2.75, 3.05) is 40.0 Å². The summed E-state index contributed by atoms with van der Waals surface area (Å²) in [4.78, 5) is 10.3. The highest BCUT2D eigenvalue weighted by atomic mass is 16.5. The van der Waals surface area contributed by atoms with Gasteiger partial charge in [0.05, 0.1) is 6.61 Å². The van der Waals surface area contributed by atoms with Gasteiger partial charge in [-0.3, -0.25) is 4.79 Å². The summed E-state index contributed by atoms with van der Waals surface area (Å²) in [6.45, 7) is 4.95. The predicted molar refractivity (Wildman–Crippen MR) is 53.9 cm³/mol. The molecule has 0 saturated carbocycles. The molecule has 0 aromatic rings. The Morgan fingerprint density at radius 3 is 2.86 bits per heavy atom. The van der Waals surface area contributed by atoms with Crippen molar-refractivity contribution in [3.8, 4) is 0 Å². The summed E-state index contributed by atoms with van der Waals surface area (Å²) in [5.41, 5.74) is 4.89. The first kappa shape index (κ1) is 13.4. The minimum atomic E-state index is -0.433. The average Bonchev–Trinajstić information content (AvgIpc) is 2.11. The molecule has 0 aliphatic heterocycles. The Morgan fingerprint density at radius 1 is 1.57 bits per heavy atom. The fourth-order valence-corrected chi connectivity index (χ4v) is 1.01. The third-order valence-corrected chi connectivity index (χ3v) is 1.61. The van der Waals surface area contributed by atoms with Crippen molar-refractivity contribution in [1.29, 1.82) is 0 Å². The van der Waals surface area contributed by atoms with Crippen LogP contribution in [-0.4, -0.2) is 45.9 Å². The number of nitrogens with one attached hydrogen (secondary N) is 1. The van der Waals surface area contributed by atoms with E-state index >= 15 is 0 Å². The van der Waals surface area contributed by atoms with Crippen LogP contribution in [0.3, 0.4) is 0 Å². The monoisotopic (exact) mass is 204 g/mol. The van der Waals surface area contributed by atoms with Crippen LogP contribution in [0.2, 0.25) is 0 Å². The van der Waals surface area contributed by atoms with Crippen LogP contribution in [0.1, 0.15) is 6.92 Å². The second-order valence-electron chi connectivity index (χ2n) is 3.28. The molecule has 0 saturated heterocycles. The molecule has 1 unspecified atom stereocenters. The molecule has 5 heteroatoms. The van der Waals surface area contributed by atoms with Crippen LogP contribution >= 0.6 is 0 Å². The number of hydrogen-bond donors (Lipinski definition) is 2. The molecular formula is C9H20N2O3. The van der Waals surface area contributed by atoms with Crippen LogP contribution in [0.4, 0.5) is 0 Å². The van der Waals surface area contributed by atoms with Crippen LogP contribution in [0.5, 0.6) is 0 Å². The van der Waals surface area contributed by atoms with E-state index in [9.17, 15) is 4.79 Å². The van der Waals surface area contributed by atoms with Crippen LogP contribution in [0.25, 0.3) is 0 Å². The molecule has 0 rings (SSSR count). The molecule has 0 fully saturated rings. The van der Waals surface area contributed by atoms with Gasteiger partial charge in [0.15, 0.2) is 0 Å². The Labute approximate surface area is 84.9 Å². The molecule has 1 amide bonds. The highest BCUT2D eigenvalue weighted by Gasteiger charge is 1.99. The lowest BCUT2D eigenvalue weighted by Gasteiger charge is -2.11. The van der Waals surface area contributed by atoms with E-state index < -0.39 is 5.91 Å². The van der Waals surface area contributed by atoms with Gasteiger partial charge in [-0.1, -0.05) is 6.92 Å². The average molecular weight is 204 g/mol. The third-order valence-electron chi connectivity index (χ3n) is 1.61. The smallest absolute Gasteiger partial charge is 0.243 e. The number of amides is 1. The molecule has 0 spiro atoms. The lowest BCUT2D eigenvalue weighted by atomic mass is 10.2. The lowest BCUT2D eigenvalue weighted by molar-refractivity contribution is -0.122. The van der Waals surface area contributed by atoms with Crippen molar-refractivity contribution in [3.05, 3.63) is 0 Å². The summed E-state index contributed by atoms with van der Waals surface area (Å²) in [7, 11) is 1.69. The molecule has 3 N–H and O–H groups in total. The van der Waals surface area contributed by atoms with E-state index in [4.69, 9.17) is 15.2 Å². The van der Waals surface area contributed by atoms with Gasteiger partial charge in [-0.25, -0.2) is 0 Å². The van der Waals surface area contributed by atoms with Gasteiger partial charge in [0, 0.05) is 20.3 Å². The van der Waals surface area contributed by atoms with Gasteiger partial charge < -0.3 is 20.5 Å². The first-order valence-corrected chi connectivity index (χ1v) is 4.72. The van der Waals surface area contributed by atoms with Crippen LogP contribution in [-0.2, 0) is 14.3 Å². The zero-order valence-electron chi connectivity index (χ0n) is 8.91. The highest BCUT2D eigenvalue weighted by molar-refractivity contribution is 5.74. The fraction of sp³-hybridized carbons (Fsp3) is 0.889. The maximum absolute atomic E-state index is 10.3. The fourth-order valence-electron chi connectivity index (χ4n) is 1.01. The first-order chi connectivity index (χ1) is 6.66. The van der Waals surface area contributed by atoms with Crippen molar-refractivity contribution in [2.45, 2.75) is 6.92 Å². The molecule has 0 aromatic carbocycles. The molecule has 0 heterocycles. The summed E-state index contributed by atoms with van der Waals surface area (Å²) in [5.74, 6) is 0.0499. The molecule has 1 atom stereocenters. The number of primary amides is 1. The summed E-state index contributed by atoms with van der Waals surface area (Å²) < 4.78 is 9.95. The number of rotatable bonds is 9. The molecule has 0 radical (unpaired) electrons. The molecule has 84 valence electrons. The van der Waals surface area contributed by atoms with Crippen molar-refractivity contribution in [3.63, 3.8) is 0 Å². The number of carbonyl (C=O) groups excluding carboxylic acids is 1. The topological polar surface area (TPSA) is 73.6 Å². The van der Waals surface area contributed by atoms with E-state index in [1.165, 1.54) is 0 Å². The summed E-state index contributed by atoms with van der Waals surface area (Å²) >= 11 is 0. The number of hydrogen-bond acceptors (Lipinski definition) is 4. The summed E-state index contributed by atoms with van der Waals surface area (Å²) in [5, 5.41) is 3.19. The standard InChI is InChI=1S/C9H20N2O3/c1-8(6-13-2)5-11-3-4-14-7-9(10)12/h8,11H,3-7H2,1-2H3,(H2,10,12). The molecule has 5 nitrogen and oxygen atoms in total. The second kappa shape index (κ2) is 8.93. The summed E-state index contributed by atoms with van der Waals surface area (Å²) in [6.07, 6.45) is 0. The van der Waals surface area contributed by atoms with E-state index in [0.717, 1.165) is 19.7 Å². The van der Waals surface area contributed by atoms with Crippen molar-refractivity contribution in [1.82, 2.24) is 5.32 Å². The Morgan fingerprint density at radius 2 is 2.29 bits per heavy atom. The molecule has 0 bridgehead atoms. The molecule has 0 aliphatic rings. The van der Waals surface area contributed by atoms with Crippen molar-refractivity contribution >= 4 is 5.91 Å². The quantitative estimate of drug-likeness (QED) is 0.490. The zero-order valence-corrected chi connectivity index (χ0v) is 8.91. The van der Waals surface area contributed by atoms with Gasteiger partial charge in [-0.15, -0.1) is 0 Å². The zero-order chi connectivity index (χ0) is 10.8. The number of ether oxygens (including phenoxy) is 2. The van der Waals surface area contributed by atoms with E-state index in [2.05, 4.69) is 12.2 Å². The normalized spacial score (nSPS) is 12.7. The minimum Gasteiger partial charge on any atom is -0.384 e. The Hall–Kier alpha value is -0.650. The van der Waals surface area contributed by atoms with E-state index in [1.807, 2.05) is 0 Å². The third kappa shape index (κ3) is 9.44. The Kier molecular flexibility index (Phi) is 8.51. The molecular weight excluding hydrogens is 184 g/mol. The number of methoxy groups -OCH3 is 1.